The van der Waals surface area contributed by atoms with Crippen LogP contribution in [-0.4, -0.2) is 17.4 Å². The predicted molar refractivity (Wildman–Crippen MR) is 82.6 cm³/mol. The van der Waals surface area contributed by atoms with Crippen molar-refractivity contribution in [3.8, 4) is 0 Å². The Morgan fingerprint density at radius 2 is 2.00 bits per heavy atom. The molecule has 0 bridgehead atoms. The summed E-state index contributed by atoms with van der Waals surface area (Å²) in [6, 6.07) is 14.1. The van der Waals surface area contributed by atoms with E-state index in [1.165, 1.54) is 12.1 Å². The Labute approximate surface area is 127 Å². The minimum Gasteiger partial charge on any atom is -0.296 e. The van der Waals surface area contributed by atoms with Gasteiger partial charge < -0.3 is 0 Å². The van der Waals surface area contributed by atoms with E-state index >= 15 is 0 Å². The van der Waals surface area contributed by atoms with Crippen molar-refractivity contribution in [3.63, 3.8) is 0 Å². The summed E-state index contributed by atoms with van der Waals surface area (Å²) in [4.78, 5) is 4.65. The monoisotopic (exact) mass is 303 g/mol. The number of hydrogen-bond acceptors (Lipinski definition) is 3. The second-order valence-corrected chi connectivity index (χ2v) is 5.51. The van der Waals surface area contributed by atoms with Crippen molar-refractivity contribution >= 4 is 17.4 Å². The van der Waals surface area contributed by atoms with Crippen LogP contribution in [0.3, 0.4) is 0 Å². The van der Waals surface area contributed by atoms with Gasteiger partial charge in [-0.3, -0.25) is 10.0 Å². The lowest BCUT2D eigenvalue weighted by atomic mass is 10.1. The van der Waals surface area contributed by atoms with Gasteiger partial charge in [-0.15, -0.1) is 0 Å². The predicted octanol–water partition coefficient (Wildman–Crippen LogP) is 3.35. The molecule has 0 amide bonds. The van der Waals surface area contributed by atoms with Crippen LogP contribution in [0.5, 0.6) is 0 Å². The fraction of sp³-hybridized carbons (Fsp3) is 0.188. The minimum atomic E-state index is -0.246. The van der Waals surface area contributed by atoms with Crippen molar-refractivity contribution in [2.24, 2.45) is 10.8 Å². The van der Waals surface area contributed by atoms with E-state index in [1.54, 1.807) is 11.1 Å². The molecule has 0 spiro atoms. The number of nitrogens with zero attached hydrogens (tertiary/aromatic N) is 2. The molecule has 2 aromatic rings. The molecule has 21 heavy (non-hydrogen) atoms. The zero-order valence-electron chi connectivity index (χ0n) is 11.3. The molecular formula is C16H15ClFN3. The van der Waals surface area contributed by atoms with Crippen LogP contribution in [-0.2, 0) is 6.42 Å². The number of aliphatic imine (C=N–C) groups is 1. The molecule has 1 atom stereocenters. The largest absolute Gasteiger partial charge is 0.296 e. The smallest absolute Gasteiger partial charge is 0.123 e. The van der Waals surface area contributed by atoms with E-state index in [-0.39, 0.29) is 11.9 Å². The first-order chi connectivity index (χ1) is 10.1. The van der Waals surface area contributed by atoms with E-state index in [4.69, 9.17) is 17.4 Å². The third-order valence-electron chi connectivity index (χ3n) is 3.51. The first-order valence-corrected chi connectivity index (χ1v) is 7.08. The molecule has 1 heterocycles. The Hall–Kier alpha value is -1.91. The Kier molecular flexibility index (Phi) is 3.90. The van der Waals surface area contributed by atoms with Crippen molar-refractivity contribution in [1.29, 1.82) is 0 Å². The molecule has 1 aliphatic rings. The lowest BCUT2D eigenvalue weighted by molar-refractivity contribution is 0.443. The fourth-order valence-electron chi connectivity index (χ4n) is 2.43. The van der Waals surface area contributed by atoms with Gasteiger partial charge >= 0.3 is 0 Å². The molecule has 108 valence electrons. The zero-order valence-corrected chi connectivity index (χ0v) is 12.1. The number of benzene rings is 2. The SMILES string of the molecule is NN1CC(c2ccc(Cl)cc2)N=C1Cc1cccc(F)c1. The van der Waals surface area contributed by atoms with Crippen LogP contribution < -0.4 is 5.84 Å². The maximum Gasteiger partial charge on any atom is 0.123 e. The van der Waals surface area contributed by atoms with Crippen molar-refractivity contribution in [2.75, 3.05) is 6.54 Å². The van der Waals surface area contributed by atoms with Crippen LogP contribution in [0.2, 0.25) is 5.02 Å². The average Bonchev–Trinajstić information content (AvgIpc) is 2.81. The first-order valence-electron chi connectivity index (χ1n) is 6.70. The van der Waals surface area contributed by atoms with Crippen molar-refractivity contribution in [1.82, 2.24) is 5.01 Å². The average molecular weight is 304 g/mol. The molecule has 2 N–H and O–H groups in total. The van der Waals surface area contributed by atoms with Crippen molar-refractivity contribution in [2.45, 2.75) is 12.5 Å². The van der Waals surface area contributed by atoms with Gasteiger partial charge in [0.2, 0.25) is 0 Å². The van der Waals surface area contributed by atoms with Gasteiger partial charge in [-0.25, -0.2) is 10.2 Å². The van der Waals surface area contributed by atoms with Crippen molar-refractivity contribution < 1.29 is 4.39 Å². The maximum absolute atomic E-state index is 13.2. The molecule has 1 unspecified atom stereocenters. The number of hydrazine groups is 1. The standard InChI is InChI=1S/C16H15ClFN3/c17-13-6-4-12(5-7-13)15-10-21(19)16(20-15)9-11-2-1-3-14(18)8-11/h1-8,15H,9-10,19H2. The lowest BCUT2D eigenvalue weighted by Crippen LogP contribution is -2.35. The Morgan fingerprint density at radius 3 is 2.71 bits per heavy atom. The number of rotatable bonds is 3. The number of nitrogens with two attached hydrogens (primary N) is 1. The molecule has 1 aliphatic heterocycles. The number of amidine groups is 1. The van der Waals surface area contributed by atoms with Crippen LogP contribution in [0.25, 0.3) is 0 Å². The van der Waals surface area contributed by atoms with Gasteiger partial charge in [0.1, 0.15) is 11.7 Å². The van der Waals surface area contributed by atoms with E-state index in [9.17, 15) is 4.39 Å². The Morgan fingerprint density at radius 1 is 1.24 bits per heavy atom. The van der Waals surface area contributed by atoms with Gasteiger partial charge in [-0.2, -0.15) is 0 Å². The summed E-state index contributed by atoms with van der Waals surface area (Å²) in [7, 11) is 0. The quantitative estimate of drug-likeness (QED) is 0.884. The molecule has 3 nitrogen and oxygen atoms in total. The molecule has 2 aromatic carbocycles. The highest BCUT2D eigenvalue weighted by Crippen LogP contribution is 2.25. The highest BCUT2D eigenvalue weighted by molar-refractivity contribution is 6.30. The van der Waals surface area contributed by atoms with Crippen LogP contribution in [0, 0.1) is 5.82 Å². The van der Waals surface area contributed by atoms with Crippen LogP contribution in [0.4, 0.5) is 4.39 Å². The van der Waals surface area contributed by atoms with Crippen LogP contribution in [0.15, 0.2) is 53.5 Å². The number of hydrogen-bond donors (Lipinski definition) is 1. The normalized spacial score (nSPS) is 18.0. The maximum atomic E-state index is 13.2. The third-order valence-corrected chi connectivity index (χ3v) is 3.76. The van der Waals surface area contributed by atoms with E-state index in [1.807, 2.05) is 30.3 Å². The highest BCUT2D eigenvalue weighted by Gasteiger charge is 2.24. The van der Waals surface area contributed by atoms with Gasteiger partial charge in [-0.05, 0) is 35.4 Å². The highest BCUT2D eigenvalue weighted by atomic mass is 35.5. The third kappa shape index (κ3) is 3.23. The minimum absolute atomic E-state index is 0.00386. The van der Waals surface area contributed by atoms with E-state index in [0.717, 1.165) is 17.0 Å². The summed E-state index contributed by atoms with van der Waals surface area (Å²) in [5, 5.41) is 2.33. The summed E-state index contributed by atoms with van der Waals surface area (Å²) in [6.45, 7) is 0.617. The second kappa shape index (κ2) is 5.84. The van der Waals surface area contributed by atoms with Crippen LogP contribution >= 0.6 is 11.6 Å². The fourth-order valence-corrected chi connectivity index (χ4v) is 2.55. The topological polar surface area (TPSA) is 41.6 Å². The summed E-state index contributed by atoms with van der Waals surface area (Å²) in [5.74, 6) is 6.52. The van der Waals surface area contributed by atoms with Gasteiger partial charge in [0.05, 0.1) is 12.6 Å². The van der Waals surface area contributed by atoms with Gasteiger partial charge in [0.15, 0.2) is 0 Å². The van der Waals surface area contributed by atoms with E-state index in [2.05, 4.69) is 4.99 Å². The van der Waals surface area contributed by atoms with E-state index < -0.39 is 0 Å². The molecule has 3 rings (SSSR count). The van der Waals surface area contributed by atoms with Gasteiger partial charge in [0.25, 0.3) is 0 Å². The second-order valence-electron chi connectivity index (χ2n) is 5.07. The molecular weight excluding hydrogens is 289 g/mol. The molecule has 0 aromatic heterocycles. The van der Waals surface area contributed by atoms with Crippen LogP contribution in [0.1, 0.15) is 17.2 Å². The molecule has 0 saturated carbocycles. The van der Waals surface area contributed by atoms with E-state index in [0.29, 0.717) is 18.0 Å². The summed E-state index contributed by atoms with van der Waals surface area (Å²) >= 11 is 5.89. The zero-order chi connectivity index (χ0) is 14.8. The Bertz CT molecular complexity index is 669. The lowest BCUT2D eigenvalue weighted by Gasteiger charge is -2.14. The first kappa shape index (κ1) is 14.0. The molecule has 0 fully saturated rings. The summed E-state index contributed by atoms with van der Waals surface area (Å²) in [6.07, 6.45) is 0.526. The van der Waals surface area contributed by atoms with Gasteiger partial charge in [0, 0.05) is 11.4 Å². The summed E-state index contributed by atoms with van der Waals surface area (Å²) in [5.41, 5.74) is 1.94. The van der Waals surface area contributed by atoms with Crippen molar-refractivity contribution in [3.05, 3.63) is 70.5 Å². The molecule has 0 radical (unpaired) electrons. The Balaban J connectivity index is 1.79. The van der Waals surface area contributed by atoms with Gasteiger partial charge in [-0.1, -0.05) is 35.9 Å². The number of halogens is 2. The summed E-state index contributed by atoms with van der Waals surface area (Å²) < 4.78 is 13.2. The molecule has 5 heteroatoms. The molecule has 0 saturated heterocycles. The molecule has 0 aliphatic carbocycles.